The number of nitrogens with one attached hydrogen (secondary N) is 1. The van der Waals surface area contributed by atoms with Crippen molar-refractivity contribution < 1.29 is 5.11 Å². The molecular formula is C9H16N4O. The highest BCUT2D eigenvalue weighted by molar-refractivity contribution is 5.61. The summed E-state index contributed by atoms with van der Waals surface area (Å²) in [7, 11) is 0. The topological polar surface area (TPSA) is 97.2 Å². The van der Waals surface area contributed by atoms with Crippen LogP contribution in [0, 0.1) is 0 Å². The number of aliphatic hydroxyl groups excluding tert-OH is 1. The Labute approximate surface area is 83.1 Å². The molecule has 5 heteroatoms. The molecular weight excluding hydrogens is 180 g/mol. The number of hydrogen-bond donors (Lipinski definition) is 4. The fourth-order valence-corrected chi connectivity index (χ4v) is 1.04. The Morgan fingerprint density at radius 3 is 2.71 bits per heavy atom. The summed E-state index contributed by atoms with van der Waals surface area (Å²) < 4.78 is 0. The van der Waals surface area contributed by atoms with Crippen molar-refractivity contribution in [3.05, 3.63) is 12.1 Å². The van der Waals surface area contributed by atoms with Crippen molar-refractivity contribution in [2.75, 3.05) is 29.9 Å². The minimum Gasteiger partial charge on any atom is -0.396 e. The second-order valence-corrected chi connectivity index (χ2v) is 3.03. The zero-order valence-electron chi connectivity index (χ0n) is 8.03. The lowest BCUT2D eigenvalue weighted by Crippen LogP contribution is -2.06. The van der Waals surface area contributed by atoms with Gasteiger partial charge in [0, 0.05) is 13.2 Å². The van der Waals surface area contributed by atoms with Crippen molar-refractivity contribution in [1.29, 1.82) is 0 Å². The van der Waals surface area contributed by atoms with E-state index in [9.17, 15) is 0 Å². The summed E-state index contributed by atoms with van der Waals surface area (Å²) in [4.78, 5) is 4.05. The number of aliphatic hydroxyl groups is 1. The summed E-state index contributed by atoms with van der Waals surface area (Å²) in [5.41, 5.74) is 11.5. The molecule has 0 amide bonds. The van der Waals surface area contributed by atoms with Crippen LogP contribution in [0.4, 0.5) is 17.3 Å². The van der Waals surface area contributed by atoms with Gasteiger partial charge >= 0.3 is 0 Å². The molecule has 0 aromatic carbocycles. The molecule has 0 saturated carbocycles. The minimum absolute atomic E-state index is 0.221. The van der Waals surface area contributed by atoms with Crippen LogP contribution in [0.3, 0.4) is 0 Å². The molecule has 0 radical (unpaired) electrons. The van der Waals surface area contributed by atoms with Gasteiger partial charge in [0.1, 0.15) is 11.6 Å². The first-order chi connectivity index (χ1) is 6.74. The first-order valence-corrected chi connectivity index (χ1v) is 4.61. The van der Waals surface area contributed by atoms with Gasteiger partial charge in [0.15, 0.2) is 0 Å². The van der Waals surface area contributed by atoms with Crippen LogP contribution in [-0.4, -0.2) is 23.2 Å². The molecule has 0 spiro atoms. The van der Waals surface area contributed by atoms with Gasteiger partial charge in [-0.15, -0.1) is 0 Å². The van der Waals surface area contributed by atoms with E-state index in [-0.39, 0.29) is 6.61 Å². The maximum Gasteiger partial charge on any atom is 0.149 e. The molecule has 0 unspecified atom stereocenters. The highest BCUT2D eigenvalue weighted by atomic mass is 16.2. The third kappa shape index (κ3) is 3.10. The summed E-state index contributed by atoms with van der Waals surface area (Å²) in [6.07, 6.45) is 1.69. The van der Waals surface area contributed by atoms with Gasteiger partial charge in [0.05, 0.1) is 5.69 Å². The number of rotatable bonds is 5. The van der Waals surface area contributed by atoms with Crippen molar-refractivity contribution in [1.82, 2.24) is 4.98 Å². The maximum atomic E-state index is 8.56. The Morgan fingerprint density at radius 1 is 1.29 bits per heavy atom. The lowest BCUT2D eigenvalue weighted by Gasteiger charge is -2.06. The van der Waals surface area contributed by atoms with Crippen LogP contribution in [0.2, 0.25) is 0 Å². The molecule has 1 heterocycles. The normalized spacial score (nSPS) is 10.1. The molecule has 0 bridgehead atoms. The molecule has 0 aliphatic carbocycles. The van der Waals surface area contributed by atoms with Gasteiger partial charge in [0.25, 0.3) is 0 Å². The Balaban J connectivity index is 2.39. The van der Waals surface area contributed by atoms with Gasteiger partial charge in [-0.2, -0.15) is 0 Å². The number of nitrogen functional groups attached to an aromatic ring is 2. The second-order valence-electron chi connectivity index (χ2n) is 3.03. The number of aromatic nitrogens is 1. The lowest BCUT2D eigenvalue weighted by molar-refractivity contribution is 0.286. The Bertz CT molecular complexity index is 290. The molecule has 1 aromatic heterocycles. The van der Waals surface area contributed by atoms with E-state index >= 15 is 0 Å². The highest BCUT2D eigenvalue weighted by Gasteiger charge is 1.97. The standard InChI is InChI=1S/C9H16N4O/c10-7-3-4-8(13-9(7)11)12-5-1-2-6-14/h3-4,14H,1-2,5-6,10H2,(H3,11,12,13). The highest BCUT2D eigenvalue weighted by Crippen LogP contribution is 2.14. The maximum absolute atomic E-state index is 8.56. The van der Waals surface area contributed by atoms with E-state index in [0.29, 0.717) is 11.5 Å². The zero-order chi connectivity index (χ0) is 10.4. The fraction of sp³-hybridized carbons (Fsp3) is 0.444. The molecule has 14 heavy (non-hydrogen) atoms. The van der Waals surface area contributed by atoms with E-state index in [0.717, 1.165) is 25.2 Å². The average molecular weight is 196 g/mol. The number of pyridine rings is 1. The summed E-state index contributed by atoms with van der Waals surface area (Å²) in [5.74, 6) is 1.06. The largest absolute Gasteiger partial charge is 0.396 e. The molecule has 0 atom stereocenters. The third-order valence-electron chi connectivity index (χ3n) is 1.85. The van der Waals surface area contributed by atoms with Gasteiger partial charge in [0.2, 0.25) is 0 Å². The molecule has 5 nitrogen and oxygen atoms in total. The Hall–Kier alpha value is -1.49. The third-order valence-corrected chi connectivity index (χ3v) is 1.85. The summed E-state index contributed by atoms with van der Waals surface area (Å²) in [5, 5.41) is 11.7. The lowest BCUT2D eigenvalue weighted by atomic mass is 10.3. The monoisotopic (exact) mass is 196 g/mol. The van der Waals surface area contributed by atoms with Crippen molar-refractivity contribution in [2.45, 2.75) is 12.8 Å². The van der Waals surface area contributed by atoms with Crippen molar-refractivity contribution in [2.24, 2.45) is 0 Å². The minimum atomic E-state index is 0.221. The van der Waals surface area contributed by atoms with E-state index in [1.807, 2.05) is 0 Å². The van der Waals surface area contributed by atoms with Crippen LogP contribution in [0.5, 0.6) is 0 Å². The predicted molar refractivity (Wildman–Crippen MR) is 57.9 cm³/mol. The van der Waals surface area contributed by atoms with Crippen LogP contribution >= 0.6 is 0 Å². The quantitative estimate of drug-likeness (QED) is 0.512. The number of nitrogens with zero attached hydrogens (tertiary/aromatic N) is 1. The number of unbranched alkanes of at least 4 members (excludes halogenated alkanes) is 1. The van der Waals surface area contributed by atoms with Crippen molar-refractivity contribution in [3.63, 3.8) is 0 Å². The molecule has 0 aliphatic rings. The molecule has 0 fully saturated rings. The Morgan fingerprint density at radius 2 is 2.07 bits per heavy atom. The fourth-order valence-electron chi connectivity index (χ4n) is 1.04. The number of anilines is 3. The predicted octanol–water partition coefficient (Wildman–Crippen LogP) is 0.430. The van der Waals surface area contributed by atoms with Crippen molar-refractivity contribution >= 4 is 17.3 Å². The zero-order valence-corrected chi connectivity index (χ0v) is 8.03. The average Bonchev–Trinajstić information content (AvgIpc) is 2.18. The van der Waals surface area contributed by atoms with Gasteiger partial charge in [-0.05, 0) is 25.0 Å². The summed E-state index contributed by atoms with van der Waals surface area (Å²) in [6.45, 7) is 0.996. The van der Waals surface area contributed by atoms with E-state index in [2.05, 4.69) is 10.3 Å². The number of hydrogen-bond acceptors (Lipinski definition) is 5. The number of nitrogens with two attached hydrogens (primary N) is 2. The van der Waals surface area contributed by atoms with Crippen LogP contribution in [0.25, 0.3) is 0 Å². The van der Waals surface area contributed by atoms with E-state index in [4.69, 9.17) is 16.6 Å². The van der Waals surface area contributed by atoms with Crippen LogP contribution in [0.15, 0.2) is 12.1 Å². The molecule has 6 N–H and O–H groups in total. The van der Waals surface area contributed by atoms with Gasteiger partial charge < -0.3 is 21.9 Å². The van der Waals surface area contributed by atoms with Crippen LogP contribution in [-0.2, 0) is 0 Å². The molecule has 78 valence electrons. The smallest absolute Gasteiger partial charge is 0.149 e. The van der Waals surface area contributed by atoms with E-state index in [1.54, 1.807) is 12.1 Å². The molecule has 1 rings (SSSR count). The van der Waals surface area contributed by atoms with Crippen LogP contribution in [0.1, 0.15) is 12.8 Å². The second kappa shape index (κ2) is 5.29. The molecule has 0 aliphatic heterocycles. The van der Waals surface area contributed by atoms with Crippen LogP contribution < -0.4 is 16.8 Å². The van der Waals surface area contributed by atoms with Crippen molar-refractivity contribution in [3.8, 4) is 0 Å². The molecule has 0 saturated heterocycles. The van der Waals surface area contributed by atoms with E-state index < -0.39 is 0 Å². The van der Waals surface area contributed by atoms with Gasteiger partial charge in [-0.1, -0.05) is 0 Å². The first-order valence-electron chi connectivity index (χ1n) is 4.61. The SMILES string of the molecule is Nc1ccc(NCCCCO)nc1N. The summed E-state index contributed by atoms with van der Waals surface area (Å²) >= 11 is 0. The van der Waals surface area contributed by atoms with E-state index in [1.165, 1.54) is 0 Å². The Kier molecular flexibility index (Phi) is 4.00. The van der Waals surface area contributed by atoms with Gasteiger partial charge in [-0.25, -0.2) is 4.98 Å². The first kappa shape index (κ1) is 10.6. The summed E-state index contributed by atoms with van der Waals surface area (Å²) in [6, 6.07) is 3.50. The van der Waals surface area contributed by atoms with Gasteiger partial charge in [-0.3, -0.25) is 0 Å². The molecule has 1 aromatic rings.